The first kappa shape index (κ1) is 11.8. The fourth-order valence-corrected chi connectivity index (χ4v) is 1.09. The number of anilines is 1. The summed E-state index contributed by atoms with van der Waals surface area (Å²) >= 11 is 0. The average Bonchev–Trinajstić information content (AvgIpc) is 2.14. The summed E-state index contributed by atoms with van der Waals surface area (Å²) in [5.41, 5.74) is -1.73. The molecule has 86 valence electrons. The number of hydrogen-bond acceptors (Lipinski definition) is 3. The Morgan fingerprint density at radius 1 is 1.50 bits per heavy atom. The summed E-state index contributed by atoms with van der Waals surface area (Å²) in [6.07, 6.45) is -1.56. The van der Waals surface area contributed by atoms with Gasteiger partial charge in [0.1, 0.15) is 11.5 Å². The monoisotopic (exact) mass is 232 g/mol. The second kappa shape index (κ2) is 4.09. The Morgan fingerprint density at radius 3 is 2.50 bits per heavy atom. The standard InChI is InChI=1S/C8H6F2N2O4/c1-11(8(13)14)6-3-4(9)2-5(10)7(6)12(15)16/h2-3H,1H3,(H,13,14). The van der Waals surface area contributed by atoms with Gasteiger partial charge in [-0.1, -0.05) is 0 Å². The molecule has 0 aromatic heterocycles. The van der Waals surface area contributed by atoms with Crippen LogP contribution in [0.2, 0.25) is 0 Å². The van der Waals surface area contributed by atoms with Crippen LogP contribution in [-0.2, 0) is 0 Å². The SMILES string of the molecule is CN(C(=O)O)c1cc(F)cc(F)c1[N+](=O)[O-]. The number of carboxylic acid groups (broad SMARTS) is 1. The molecule has 1 aromatic rings. The first-order valence-corrected chi connectivity index (χ1v) is 3.94. The van der Waals surface area contributed by atoms with Crippen LogP contribution in [0.1, 0.15) is 0 Å². The highest BCUT2D eigenvalue weighted by Crippen LogP contribution is 2.31. The Bertz CT molecular complexity index is 464. The molecule has 1 amide bonds. The summed E-state index contributed by atoms with van der Waals surface area (Å²) in [6.45, 7) is 0. The minimum absolute atomic E-state index is 0.317. The molecule has 0 bridgehead atoms. The maximum Gasteiger partial charge on any atom is 0.411 e. The van der Waals surface area contributed by atoms with Crippen molar-refractivity contribution in [1.82, 2.24) is 0 Å². The van der Waals surface area contributed by atoms with Gasteiger partial charge in [0, 0.05) is 19.2 Å². The third kappa shape index (κ3) is 2.05. The Morgan fingerprint density at radius 2 is 2.06 bits per heavy atom. The third-order valence-electron chi connectivity index (χ3n) is 1.84. The summed E-state index contributed by atoms with van der Waals surface area (Å²) in [4.78, 5) is 20.3. The summed E-state index contributed by atoms with van der Waals surface area (Å²) in [5.74, 6) is -2.51. The molecule has 6 nitrogen and oxygen atoms in total. The molecule has 0 radical (unpaired) electrons. The van der Waals surface area contributed by atoms with Gasteiger partial charge in [-0.3, -0.25) is 15.0 Å². The summed E-state index contributed by atoms with van der Waals surface area (Å²) in [5, 5.41) is 19.1. The first-order chi connectivity index (χ1) is 7.34. The minimum atomic E-state index is -1.56. The fraction of sp³-hybridized carbons (Fsp3) is 0.125. The zero-order chi connectivity index (χ0) is 12.5. The van der Waals surface area contributed by atoms with E-state index in [4.69, 9.17) is 5.11 Å². The van der Waals surface area contributed by atoms with Crippen molar-refractivity contribution in [3.63, 3.8) is 0 Å². The number of hydrogen-bond donors (Lipinski definition) is 1. The highest BCUT2D eigenvalue weighted by atomic mass is 19.1. The zero-order valence-corrected chi connectivity index (χ0v) is 7.98. The Hall–Kier alpha value is -2.25. The molecule has 16 heavy (non-hydrogen) atoms. The Labute approximate surface area is 87.9 Å². The van der Waals surface area contributed by atoms with Crippen molar-refractivity contribution >= 4 is 17.5 Å². The van der Waals surface area contributed by atoms with Gasteiger partial charge in [0.2, 0.25) is 5.82 Å². The maximum absolute atomic E-state index is 13.1. The summed E-state index contributed by atoms with van der Waals surface area (Å²) < 4.78 is 25.9. The maximum atomic E-state index is 13.1. The average molecular weight is 232 g/mol. The number of amides is 1. The molecule has 0 aliphatic heterocycles. The van der Waals surface area contributed by atoms with Gasteiger partial charge < -0.3 is 5.11 Å². The number of benzene rings is 1. The molecule has 0 fully saturated rings. The number of nitro groups is 1. The van der Waals surface area contributed by atoms with E-state index in [1.54, 1.807) is 0 Å². The molecule has 1 N–H and O–H groups in total. The molecule has 0 spiro atoms. The molecule has 0 aliphatic rings. The van der Waals surface area contributed by atoms with E-state index in [2.05, 4.69) is 0 Å². The molecule has 0 heterocycles. The third-order valence-corrected chi connectivity index (χ3v) is 1.84. The lowest BCUT2D eigenvalue weighted by Gasteiger charge is -2.13. The van der Waals surface area contributed by atoms with Crippen LogP contribution in [0.25, 0.3) is 0 Å². The van der Waals surface area contributed by atoms with E-state index in [-0.39, 0.29) is 0 Å². The molecular weight excluding hydrogens is 226 g/mol. The van der Waals surface area contributed by atoms with Crippen LogP contribution in [0.15, 0.2) is 12.1 Å². The normalized spacial score (nSPS) is 9.94. The van der Waals surface area contributed by atoms with E-state index in [0.717, 1.165) is 7.05 Å². The number of nitrogens with zero attached hydrogens (tertiary/aromatic N) is 2. The van der Waals surface area contributed by atoms with Crippen molar-refractivity contribution in [2.45, 2.75) is 0 Å². The van der Waals surface area contributed by atoms with Crippen molar-refractivity contribution in [1.29, 1.82) is 0 Å². The molecule has 1 aromatic carbocycles. The number of halogens is 2. The van der Waals surface area contributed by atoms with E-state index in [0.29, 0.717) is 17.0 Å². The quantitative estimate of drug-likeness (QED) is 0.624. The van der Waals surface area contributed by atoms with Gasteiger partial charge in [0.25, 0.3) is 0 Å². The van der Waals surface area contributed by atoms with Gasteiger partial charge >= 0.3 is 11.8 Å². The number of carbonyl (C=O) groups is 1. The largest absolute Gasteiger partial charge is 0.465 e. The molecule has 1 rings (SSSR count). The highest BCUT2D eigenvalue weighted by molar-refractivity contribution is 5.88. The van der Waals surface area contributed by atoms with E-state index in [9.17, 15) is 23.7 Å². The van der Waals surface area contributed by atoms with Gasteiger partial charge in [0.05, 0.1) is 4.92 Å². The predicted octanol–water partition coefficient (Wildman–Crippen LogP) is 1.99. The van der Waals surface area contributed by atoms with Crippen LogP contribution in [0, 0.1) is 21.7 Å². The number of nitro benzene ring substituents is 1. The smallest absolute Gasteiger partial charge is 0.411 e. The molecule has 0 unspecified atom stereocenters. The lowest BCUT2D eigenvalue weighted by molar-refractivity contribution is -0.386. The topological polar surface area (TPSA) is 83.7 Å². The predicted molar refractivity (Wildman–Crippen MR) is 49.4 cm³/mol. The van der Waals surface area contributed by atoms with E-state index < -0.39 is 34.0 Å². The van der Waals surface area contributed by atoms with Crippen LogP contribution in [-0.4, -0.2) is 23.2 Å². The van der Waals surface area contributed by atoms with E-state index in [1.807, 2.05) is 0 Å². The highest BCUT2D eigenvalue weighted by Gasteiger charge is 2.26. The van der Waals surface area contributed by atoms with Gasteiger partial charge in [-0.2, -0.15) is 4.39 Å². The molecule has 8 heteroatoms. The second-order valence-electron chi connectivity index (χ2n) is 2.85. The fourth-order valence-electron chi connectivity index (χ4n) is 1.09. The van der Waals surface area contributed by atoms with Crippen molar-refractivity contribution in [3.8, 4) is 0 Å². The summed E-state index contributed by atoms with van der Waals surface area (Å²) in [6, 6.07) is 0.895. The van der Waals surface area contributed by atoms with E-state index in [1.165, 1.54) is 0 Å². The van der Waals surface area contributed by atoms with Crippen LogP contribution in [0.4, 0.5) is 25.0 Å². The van der Waals surface area contributed by atoms with Crippen molar-refractivity contribution in [3.05, 3.63) is 33.9 Å². The molecule has 0 atom stereocenters. The molecular formula is C8H6F2N2O4. The van der Waals surface area contributed by atoms with Gasteiger partial charge in [-0.15, -0.1) is 0 Å². The second-order valence-corrected chi connectivity index (χ2v) is 2.85. The lowest BCUT2D eigenvalue weighted by atomic mass is 10.2. The summed E-state index contributed by atoms with van der Waals surface area (Å²) in [7, 11) is 0.948. The first-order valence-electron chi connectivity index (χ1n) is 3.94. The van der Waals surface area contributed by atoms with Gasteiger partial charge in [0.15, 0.2) is 0 Å². The number of rotatable bonds is 2. The van der Waals surface area contributed by atoms with Crippen molar-refractivity contribution < 1.29 is 23.6 Å². The van der Waals surface area contributed by atoms with Crippen LogP contribution in [0.5, 0.6) is 0 Å². The Kier molecular flexibility index (Phi) is 3.02. The van der Waals surface area contributed by atoms with Crippen molar-refractivity contribution in [2.75, 3.05) is 11.9 Å². The zero-order valence-electron chi connectivity index (χ0n) is 7.98. The minimum Gasteiger partial charge on any atom is -0.465 e. The molecule has 0 saturated heterocycles. The van der Waals surface area contributed by atoms with Crippen LogP contribution >= 0.6 is 0 Å². The molecule has 0 saturated carbocycles. The lowest BCUT2D eigenvalue weighted by Crippen LogP contribution is -2.25. The molecule has 0 aliphatic carbocycles. The van der Waals surface area contributed by atoms with E-state index >= 15 is 0 Å². The van der Waals surface area contributed by atoms with Gasteiger partial charge in [-0.25, -0.2) is 9.18 Å². The Balaban J connectivity index is 3.46. The van der Waals surface area contributed by atoms with Crippen molar-refractivity contribution in [2.24, 2.45) is 0 Å². The van der Waals surface area contributed by atoms with Crippen LogP contribution < -0.4 is 4.90 Å². The van der Waals surface area contributed by atoms with Crippen LogP contribution in [0.3, 0.4) is 0 Å². The van der Waals surface area contributed by atoms with Gasteiger partial charge in [-0.05, 0) is 0 Å².